The molecule has 4 nitrogen and oxygen atoms in total. The zero-order chi connectivity index (χ0) is 20.3. The smallest absolute Gasteiger partial charge is 0.550 e. The Labute approximate surface area is 198 Å². The number of aliphatic hydroxyl groups is 2. The predicted molar refractivity (Wildman–Crippen MR) is 106 cm³/mol. The molecule has 0 aliphatic heterocycles. The number of aliphatic hydroxyl groups excluding tert-OH is 2. The average molecular weight is 415 g/mol. The van der Waals surface area contributed by atoms with E-state index in [1.807, 2.05) is 0 Å². The zero-order valence-corrected chi connectivity index (χ0v) is 20.9. The second-order valence-corrected chi connectivity index (χ2v) is 11.3. The summed E-state index contributed by atoms with van der Waals surface area (Å²) < 4.78 is 0. The predicted octanol–water partition coefficient (Wildman–Crippen LogP) is 0.147. The van der Waals surface area contributed by atoms with Gasteiger partial charge in [-0.05, 0) is 111 Å². The standard InChI is InChI=1S/C24H40O4.Na/c1-14(4-7-21(27)28)17-5-6-18-22-19(9-11-24(17,18)3)23(2)10-8-16(25)12-15(23)13-20(22)26;/h14-20,22,25-26H,4-13H2,1-3H3,(H,27,28);/q;+1/p-1/t14-,15-,16+,17+,18-,19-,20-,22-,23-,24+;/m0./s1. The van der Waals surface area contributed by atoms with Crippen LogP contribution in [0.5, 0.6) is 0 Å². The number of carbonyl (C=O) groups excluding carboxylic acids is 1. The van der Waals surface area contributed by atoms with E-state index in [1.165, 1.54) is 25.7 Å². The molecule has 0 spiro atoms. The Morgan fingerprint density at radius 1 is 1.03 bits per heavy atom. The quantitative estimate of drug-likeness (QED) is 0.642. The summed E-state index contributed by atoms with van der Waals surface area (Å²) in [5.41, 5.74) is 0.494. The van der Waals surface area contributed by atoms with Gasteiger partial charge in [-0.25, -0.2) is 0 Å². The third-order valence-corrected chi connectivity index (χ3v) is 10.2. The van der Waals surface area contributed by atoms with Crippen LogP contribution < -0.4 is 34.7 Å². The molecule has 4 aliphatic carbocycles. The summed E-state index contributed by atoms with van der Waals surface area (Å²) in [4.78, 5) is 10.9. The Bertz CT molecular complexity index is 612. The first-order valence-corrected chi connectivity index (χ1v) is 11.7. The van der Waals surface area contributed by atoms with E-state index in [-0.39, 0.29) is 59.0 Å². The van der Waals surface area contributed by atoms with Crippen LogP contribution in [0.15, 0.2) is 0 Å². The van der Waals surface area contributed by atoms with Crippen LogP contribution in [0.25, 0.3) is 0 Å². The van der Waals surface area contributed by atoms with Gasteiger partial charge >= 0.3 is 29.6 Å². The molecule has 0 saturated heterocycles. The molecule has 0 radical (unpaired) electrons. The second-order valence-electron chi connectivity index (χ2n) is 11.3. The van der Waals surface area contributed by atoms with Crippen molar-refractivity contribution in [3.05, 3.63) is 0 Å². The van der Waals surface area contributed by atoms with Crippen LogP contribution in [0.2, 0.25) is 0 Å². The summed E-state index contributed by atoms with van der Waals surface area (Å²) >= 11 is 0. The number of rotatable bonds is 4. The number of carboxylic acids is 1. The van der Waals surface area contributed by atoms with Gasteiger partial charge < -0.3 is 20.1 Å². The van der Waals surface area contributed by atoms with Crippen LogP contribution in [0.4, 0.5) is 0 Å². The number of hydrogen-bond donors (Lipinski definition) is 2. The number of fused-ring (bicyclic) bond motifs is 5. The fraction of sp³-hybridized carbons (Fsp3) is 0.958. The largest absolute Gasteiger partial charge is 1.00 e. The number of carbonyl (C=O) groups is 1. The Balaban J connectivity index is 0.00000240. The maximum absolute atomic E-state index is 11.2. The molecule has 4 aliphatic rings. The molecule has 0 heterocycles. The topological polar surface area (TPSA) is 80.6 Å². The molecule has 0 bridgehead atoms. The first-order chi connectivity index (χ1) is 13.2. The SMILES string of the molecule is C[C@@H](CCC(=O)[O-])[C@H]1CC[C@H]2[C@@H]3[C@@H](O)C[C@@H]4C[C@H](O)CC[C@]4(C)[C@H]3CC[C@]12C.[Na+]. The normalized spacial score (nSPS) is 49.9. The maximum atomic E-state index is 11.2. The third-order valence-electron chi connectivity index (χ3n) is 10.2. The van der Waals surface area contributed by atoms with Crippen molar-refractivity contribution in [3.8, 4) is 0 Å². The van der Waals surface area contributed by atoms with Crippen LogP contribution >= 0.6 is 0 Å². The van der Waals surface area contributed by atoms with Crippen LogP contribution in [0.3, 0.4) is 0 Å². The van der Waals surface area contributed by atoms with Crippen LogP contribution in [-0.4, -0.2) is 28.4 Å². The van der Waals surface area contributed by atoms with Crippen molar-refractivity contribution in [2.24, 2.45) is 46.3 Å². The van der Waals surface area contributed by atoms with E-state index >= 15 is 0 Å². The minimum Gasteiger partial charge on any atom is -0.550 e. The fourth-order valence-corrected chi connectivity index (χ4v) is 8.72. The molecule has 0 aromatic rings. The molecular weight excluding hydrogens is 375 g/mol. The van der Waals surface area contributed by atoms with Crippen LogP contribution in [0.1, 0.15) is 85.0 Å². The van der Waals surface area contributed by atoms with Gasteiger partial charge in [0.2, 0.25) is 0 Å². The molecule has 10 atom stereocenters. The Morgan fingerprint density at radius 3 is 2.38 bits per heavy atom. The molecule has 4 fully saturated rings. The van der Waals surface area contributed by atoms with E-state index < -0.39 is 5.97 Å². The second kappa shape index (κ2) is 8.73. The summed E-state index contributed by atoms with van der Waals surface area (Å²) in [5, 5.41) is 32.4. The van der Waals surface area contributed by atoms with E-state index in [1.54, 1.807) is 0 Å². The van der Waals surface area contributed by atoms with Gasteiger partial charge in [-0.2, -0.15) is 0 Å². The van der Waals surface area contributed by atoms with E-state index in [2.05, 4.69) is 20.8 Å². The molecule has 4 rings (SSSR count). The fourth-order valence-electron chi connectivity index (χ4n) is 8.72. The minimum atomic E-state index is -0.934. The van der Waals surface area contributed by atoms with Crippen molar-refractivity contribution in [2.75, 3.05) is 0 Å². The molecule has 29 heavy (non-hydrogen) atoms. The molecular formula is C24H39NaO4. The van der Waals surface area contributed by atoms with Crippen molar-refractivity contribution in [3.63, 3.8) is 0 Å². The van der Waals surface area contributed by atoms with E-state index in [0.29, 0.717) is 41.9 Å². The summed E-state index contributed by atoms with van der Waals surface area (Å²) in [6, 6.07) is 0. The molecule has 5 heteroatoms. The van der Waals surface area contributed by atoms with Gasteiger partial charge in [0.15, 0.2) is 0 Å². The Hall–Kier alpha value is 0.390. The van der Waals surface area contributed by atoms with Crippen LogP contribution in [-0.2, 0) is 4.79 Å². The monoisotopic (exact) mass is 414 g/mol. The average Bonchev–Trinajstić information content (AvgIpc) is 2.98. The number of carboxylic acid groups (broad SMARTS) is 1. The third kappa shape index (κ3) is 3.99. The first kappa shape index (κ1) is 24.0. The van der Waals surface area contributed by atoms with Gasteiger partial charge in [-0.15, -0.1) is 0 Å². The van der Waals surface area contributed by atoms with Crippen molar-refractivity contribution >= 4 is 5.97 Å². The summed E-state index contributed by atoms with van der Waals surface area (Å²) in [6.07, 6.45) is 8.91. The zero-order valence-electron chi connectivity index (χ0n) is 18.9. The van der Waals surface area contributed by atoms with Crippen molar-refractivity contribution in [1.29, 1.82) is 0 Å². The van der Waals surface area contributed by atoms with Crippen LogP contribution in [0, 0.1) is 46.3 Å². The van der Waals surface area contributed by atoms with Crippen molar-refractivity contribution < 1.29 is 49.7 Å². The summed E-state index contributed by atoms with van der Waals surface area (Å²) in [6.45, 7) is 7.11. The van der Waals surface area contributed by atoms with Gasteiger partial charge in [0.05, 0.1) is 12.2 Å². The van der Waals surface area contributed by atoms with Gasteiger partial charge in [-0.3, -0.25) is 0 Å². The minimum absolute atomic E-state index is 0. The van der Waals surface area contributed by atoms with Gasteiger partial charge in [0.1, 0.15) is 0 Å². The van der Waals surface area contributed by atoms with E-state index in [9.17, 15) is 20.1 Å². The Kier molecular flexibility index (Phi) is 7.24. The van der Waals surface area contributed by atoms with Gasteiger partial charge in [-0.1, -0.05) is 20.8 Å². The van der Waals surface area contributed by atoms with Gasteiger partial charge in [0, 0.05) is 5.97 Å². The number of hydrogen-bond acceptors (Lipinski definition) is 4. The molecule has 0 aromatic carbocycles. The molecule has 0 unspecified atom stereocenters. The summed E-state index contributed by atoms with van der Waals surface area (Å²) in [7, 11) is 0. The Morgan fingerprint density at radius 2 is 1.69 bits per heavy atom. The first-order valence-electron chi connectivity index (χ1n) is 11.7. The summed E-state index contributed by atoms with van der Waals surface area (Å²) in [5.74, 6) is 1.99. The van der Waals surface area contributed by atoms with E-state index in [0.717, 1.165) is 25.7 Å². The van der Waals surface area contributed by atoms with Crippen molar-refractivity contribution in [1.82, 2.24) is 0 Å². The molecule has 4 saturated carbocycles. The maximum Gasteiger partial charge on any atom is 1.00 e. The number of aliphatic carboxylic acids is 1. The van der Waals surface area contributed by atoms with Gasteiger partial charge in [0.25, 0.3) is 0 Å². The molecule has 2 N–H and O–H groups in total. The molecule has 160 valence electrons. The molecule has 0 aromatic heterocycles. The van der Waals surface area contributed by atoms with E-state index in [4.69, 9.17) is 0 Å². The molecule has 0 amide bonds. The van der Waals surface area contributed by atoms with Crippen molar-refractivity contribution in [2.45, 2.75) is 97.2 Å².